The van der Waals surface area contributed by atoms with E-state index in [0.717, 1.165) is 24.9 Å². The van der Waals surface area contributed by atoms with E-state index in [1.165, 1.54) is 5.56 Å². The van der Waals surface area contributed by atoms with E-state index in [2.05, 4.69) is 39.5 Å². The number of hydrogen-bond acceptors (Lipinski definition) is 3. The van der Waals surface area contributed by atoms with Gasteiger partial charge in [0.05, 0.1) is 6.54 Å². The minimum Gasteiger partial charge on any atom is -0.351 e. The summed E-state index contributed by atoms with van der Waals surface area (Å²) in [7, 11) is 0. The zero-order chi connectivity index (χ0) is 16.6. The van der Waals surface area contributed by atoms with Crippen LogP contribution in [0.5, 0.6) is 0 Å². The molecule has 0 bridgehead atoms. The first-order chi connectivity index (χ1) is 11.8. The van der Waals surface area contributed by atoms with Gasteiger partial charge in [-0.2, -0.15) is 0 Å². The van der Waals surface area contributed by atoms with Crippen molar-refractivity contribution in [1.29, 1.82) is 0 Å². The minimum atomic E-state index is 0.0684. The summed E-state index contributed by atoms with van der Waals surface area (Å²) < 4.78 is 0. The second-order valence-corrected chi connectivity index (χ2v) is 6.09. The van der Waals surface area contributed by atoms with E-state index in [0.29, 0.717) is 19.1 Å². The smallest absolute Gasteiger partial charge is 0.234 e. The fraction of sp³-hybridized carbons (Fsp3) is 0.300. The van der Waals surface area contributed by atoms with Gasteiger partial charge in [0.2, 0.25) is 5.91 Å². The van der Waals surface area contributed by atoms with Crippen molar-refractivity contribution in [3.05, 3.63) is 72.1 Å². The lowest BCUT2D eigenvalue weighted by atomic mass is 10.1. The lowest BCUT2D eigenvalue weighted by Gasteiger charge is -2.21. The van der Waals surface area contributed by atoms with Gasteiger partial charge in [-0.1, -0.05) is 48.6 Å². The van der Waals surface area contributed by atoms with E-state index in [1.807, 2.05) is 30.3 Å². The van der Waals surface area contributed by atoms with Crippen LogP contribution in [-0.4, -0.2) is 34.9 Å². The number of amides is 1. The van der Waals surface area contributed by atoms with Gasteiger partial charge >= 0.3 is 0 Å². The molecule has 1 saturated heterocycles. The number of nitrogens with one attached hydrogen (secondary N) is 1. The van der Waals surface area contributed by atoms with Crippen LogP contribution in [0.3, 0.4) is 0 Å². The molecule has 4 nitrogen and oxygen atoms in total. The Hall–Kier alpha value is -2.46. The van der Waals surface area contributed by atoms with Crippen molar-refractivity contribution >= 4 is 12.0 Å². The van der Waals surface area contributed by atoms with E-state index >= 15 is 0 Å². The van der Waals surface area contributed by atoms with Crippen LogP contribution in [0.2, 0.25) is 0 Å². The molecule has 24 heavy (non-hydrogen) atoms. The summed E-state index contributed by atoms with van der Waals surface area (Å²) in [5, 5.41) is 2.98. The van der Waals surface area contributed by atoms with Crippen LogP contribution < -0.4 is 5.32 Å². The highest BCUT2D eigenvalue weighted by molar-refractivity contribution is 5.78. The highest BCUT2D eigenvalue weighted by atomic mass is 16.2. The molecule has 3 rings (SSSR count). The number of carbonyl (C=O) groups excluding carboxylic acids is 1. The summed E-state index contributed by atoms with van der Waals surface area (Å²) in [6.45, 7) is 1.96. The van der Waals surface area contributed by atoms with E-state index in [1.54, 1.807) is 12.4 Å². The molecule has 1 amide bonds. The maximum absolute atomic E-state index is 12.2. The predicted molar refractivity (Wildman–Crippen MR) is 96.2 cm³/mol. The van der Waals surface area contributed by atoms with Gasteiger partial charge < -0.3 is 5.32 Å². The first-order valence-electron chi connectivity index (χ1n) is 8.44. The van der Waals surface area contributed by atoms with Crippen molar-refractivity contribution in [3.8, 4) is 0 Å². The van der Waals surface area contributed by atoms with Gasteiger partial charge in [0.1, 0.15) is 0 Å². The molecule has 0 spiro atoms. The zero-order valence-electron chi connectivity index (χ0n) is 13.8. The first kappa shape index (κ1) is 16.4. The van der Waals surface area contributed by atoms with Crippen molar-refractivity contribution in [2.75, 3.05) is 13.1 Å². The fourth-order valence-corrected chi connectivity index (χ4v) is 3.00. The van der Waals surface area contributed by atoms with E-state index in [9.17, 15) is 4.79 Å². The van der Waals surface area contributed by atoms with Gasteiger partial charge in [-0.3, -0.25) is 14.7 Å². The summed E-state index contributed by atoms with van der Waals surface area (Å²) in [5.74, 6) is 0.0684. The quantitative estimate of drug-likeness (QED) is 0.890. The second-order valence-electron chi connectivity index (χ2n) is 6.09. The molecule has 2 aromatic rings. The summed E-state index contributed by atoms with van der Waals surface area (Å²) in [6.07, 6.45) is 10.1. The summed E-state index contributed by atoms with van der Waals surface area (Å²) in [6, 6.07) is 14.5. The van der Waals surface area contributed by atoms with Crippen molar-refractivity contribution in [3.63, 3.8) is 0 Å². The Balaban J connectivity index is 1.50. The molecule has 0 radical (unpaired) electrons. The van der Waals surface area contributed by atoms with E-state index < -0.39 is 0 Å². The summed E-state index contributed by atoms with van der Waals surface area (Å²) in [4.78, 5) is 18.5. The molecule has 1 N–H and O–H groups in total. The Kier molecular flexibility index (Phi) is 5.75. The standard InChI is InChI=1S/C20H23N3O/c24-20(22-15-18-8-4-12-21-14-18)16-23-13-5-9-19(23)11-10-17-6-2-1-3-7-17/h1-4,6-8,10-12,14,19H,5,9,13,15-16H2,(H,22,24). The SMILES string of the molecule is O=C(CN1CCCC1C=Cc1ccccc1)NCc1cccnc1. The molecule has 1 aromatic heterocycles. The van der Waals surface area contributed by atoms with Crippen molar-refractivity contribution in [2.45, 2.75) is 25.4 Å². The first-order valence-corrected chi connectivity index (χ1v) is 8.44. The van der Waals surface area contributed by atoms with Crippen molar-refractivity contribution in [2.24, 2.45) is 0 Å². The van der Waals surface area contributed by atoms with Crippen LogP contribution >= 0.6 is 0 Å². The Morgan fingerprint density at radius 1 is 1.25 bits per heavy atom. The lowest BCUT2D eigenvalue weighted by Crippen LogP contribution is -2.38. The number of likely N-dealkylation sites (tertiary alicyclic amines) is 1. The topological polar surface area (TPSA) is 45.2 Å². The molecule has 4 heteroatoms. The van der Waals surface area contributed by atoms with Crippen LogP contribution in [0.4, 0.5) is 0 Å². The number of rotatable bonds is 6. The van der Waals surface area contributed by atoms with Gasteiger partial charge in [0.25, 0.3) is 0 Å². The number of aromatic nitrogens is 1. The summed E-state index contributed by atoms with van der Waals surface area (Å²) >= 11 is 0. The largest absolute Gasteiger partial charge is 0.351 e. The van der Waals surface area contributed by atoms with Gasteiger partial charge in [0.15, 0.2) is 0 Å². The van der Waals surface area contributed by atoms with Gasteiger partial charge in [-0.25, -0.2) is 0 Å². The Labute approximate surface area is 143 Å². The average molecular weight is 321 g/mol. The number of hydrogen-bond donors (Lipinski definition) is 1. The summed E-state index contributed by atoms with van der Waals surface area (Å²) in [5.41, 5.74) is 2.22. The molecule has 124 valence electrons. The van der Waals surface area contributed by atoms with Crippen LogP contribution in [-0.2, 0) is 11.3 Å². The number of benzene rings is 1. The molecule has 1 aliphatic rings. The molecule has 1 unspecified atom stereocenters. The second kappa shape index (κ2) is 8.41. The monoisotopic (exact) mass is 321 g/mol. The molecule has 0 aliphatic carbocycles. The maximum atomic E-state index is 12.2. The number of nitrogens with zero attached hydrogens (tertiary/aromatic N) is 2. The van der Waals surface area contributed by atoms with Crippen LogP contribution in [0.1, 0.15) is 24.0 Å². The molecule has 1 aliphatic heterocycles. The molecule has 1 atom stereocenters. The van der Waals surface area contributed by atoms with Crippen LogP contribution in [0.25, 0.3) is 6.08 Å². The fourth-order valence-electron chi connectivity index (χ4n) is 3.00. The highest BCUT2D eigenvalue weighted by Gasteiger charge is 2.23. The normalized spacial score (nSPS) is 18.1. The molecule has 2 heterocycles. The van der Waals surface area contributed by atoms with E-state index in [4.69, 9.17) is 0 Å². The minimum absolute atomic E-state index is 0.0684. The third-order valence-electron chi connectivity index (χ3n) is 4.28. The molecule has 1 aromatic carbocycles. The van der Waals surface area contributed by atoms with Crippen molar-refractivity contribution in [1.82, 2.24) is 15.2 Å². The predicted octanol–water partition coefficient (Wildman–Crippen LogP) is 2.88. The van der Waals surface area contributed by atoms with Gasteiger partial charge in [0, 0.05) is 25.0 Å². The lowest BCUT2D eigenvalue weighted by molar-refractivity contribution is -0.122. The van der Waals surface area contributed by atoms with Crippen LogP contribution in [0.15, 0.2) is 60.9 Å². The Morgan fingerprint density at radius 3 is 2.92 bits per heavy atom. The maximum Gasteiger partial charge on any atom is 0.234 e. The van der Waals surface area contributed by atoms with Gasteiger partial charge in [-0.05, 0) is 36.6 Å². The third kappa shape index (κ3) is 4.77. The Bertz CT molecular complexity index is 670. The number of pyridine rings is 1. The Morgan fingerprint density at radius 2 is 2.12 bits per heavy atom. The van der Waals surface area contributed by atoms with E-state index in [-0.39, 0.29) is 5.91 Å². The number of carbonyl (C=O) groups is 1. The van der Waals surface area contributed by atoms with Crippen LogP contribution in [0, 0.1) is 0 Å². The third-order valence-corrected chi connectivity index (χ3v) is 4.28. The van der Waals surface area contributed by atoms with Crippen molar-refractivity contribution < 1.29 is 4.79 Å². The molecule has 0 saturated carbocycles. The molecule has 1 fully saturated rings. The highest BCUT2D eigenvalue weighted by Crippen LogP contribution is 2.19. The molecular weight excluding hydrogens is 298 g/mol. The zero-order valence-corrected chi connectivity index (χ0v) is 13.8. The average Bonchev–Trinajstić information content (AvgIpc) is 3.07. The molecular formula is C20H23N3O. The van der Waals surface area contributed by atoms with Gasteiger partial charge in [-0.15, -0.1) is 0 Å².